The molecular weight excluding hydrogens is 452 g/mol. The van der Waals surface area contributed by atoms with Crippen molar-refractivity contribution in [3.63, 3.8) is 0 Å². The average molecular weight is 493 g/mol. The molecule has 1 saturated carbocycles. The van der Waals surface area contributed by atoms with Gasteiger partial charge in [-0.25, -0.2) is 4.79 Å². The van der Waals surface area contributed by atoms with Crippen LogP contribution in [-0.2, 0) is 0 Å². The highest BCUT2D eigenvalue weighted by atomic mass is 28.4. The van der Waals surface area contributed by atoms with Crippen molar-refractivity contribution >= 4 is 26.0 Å². The number of carbonyl (C=O) groups excluding carboxylic acids is 1. The minimum absolute atomic E-state index is 0.105. The van der Waals surface area contributed by atoms with E-state index in [0.717, 1.165) is 19.3 Å². The highest BCUT2D eigenvalue weighted by Gasteiger charge is 2.53. The Morgan fingerprint density at radius 3 is 2.15 bits per heavy atom. The van der Waals surface area contributed by atoms with Crippen molar-refractivity contribution in [2.45, 2.75) is 83.5 Å². The first-order chi connectivity index (χ1) is 15.9. The van der Waals surface area contributed by atoms with Gasteiger partial charge in [0.1, 0.15) is 5.75 Å². The number of aliphatic hydroxyl groups excluding tert-OH is 1. The standard InChI is InChI=1S/C25H40N2O6Si/c1-15(2)34(16(3)4,17(5)6)33-22-11-20(26-24(30)31)19(10-21(22)32-7)23(29)27-14-25(8-9-25)12-18(27)13-28/h10-11,15-18,26,28H,8-9,12-14H2,1-7H3,(H,30,31)/t18-/m0/s1. The number of nitrogens with zero attached hydrogens (tertiary/aromatic N) is 1. The molecular formula is C25H40N2O6Si. The third kappa shape index (κ3) is 4.77. The van der Waals surface area contributed by atoms with Crippen LogP contribution in [0.5, 0.6) is 11.5 Å². The highest BCUT2D eigenvalue weighted by molar-refractivity contribution is 6.78. The number of hydrogen-bond acceptors (Lipinski definition) is 5. The second-order valence-electron chi connectivity index (χ2n) is 10.9. The van der Waals surface area contributed by atoms with Gasteiger partial charge in [-0.2, -0.15) is 0 Å². The lowest BCUT2D eigenvalue weighted by Crippen LogP contribution is -2.50. The molecule has 1 saturated heterocycles. The molecule has 3 rings (SSSR count). The number of anilines is 1. The van der Waals surface area contributed by atoms with Gasteiger partial charge in [-0.3, -0.25) is 10.1 Å². The quantitative estimate of drug-likeness (QED) is 0.402. The fraction of sp³-hybridized carbons (Fsp3) is 0.680. The summed E-state index contributed by atoms with van der Waals surface area (Å²) in [5.41, 5.74) is 1.39. The molecule has 1 aliphatic heterocycles. The lowest BCUT2D eigenvalue weighted by Gasteiger charge is -2.42. The second-order valence-corrected chi connectivity index (χ2v) is 16.2. The summed E-state index contributed by atoms with van der Waals surface area (Å²) in [6.45, 7) is 13.5. The zero-order valence-corrected chi connectivity index (χ0v) is 22.5. The summed E-state index contributed by atoms with van der Waals surface area (Å²) in [7, 11) is -0.837. The number of carboxylic acid groups (broad SMARTS) is 1. The maximum atomic E-state index is 13.6. The SMILES string of the molecule is COc1cc(C(=O)N2CC3(CC3)C[C@H]2CO)c(NC(=O)O)cc1O[Si](C(C)C)(C(C)C)C(C)C. The maximum Gasteiger partial charge on any atom is 0.409 e. The molecule has 8 nitrogen and oxygen atoms in total. The molecule has 9 heteroatoms. The Kier molecular flexibility index (Phi) is 7.57. The van der Waals surface area contributed by atoms with Crippen LogP contribution >= 0.6 is 0 Å². The molecule has 0 radical (unpaired) electrons. The number of ether oxygens (including phenoxy) is 1. The van der Waals surface area contributed by atoms with Crippen molar-refractivity contribution in [1.82, 2.24) is 4.90 Å². The molecule has 1 heterocycles. The van der Waals surface area contributed by atoms with Crippen LogP contribution < -0.4 is 14.5 Å². The number of rotatable bonds is 9. The van der Waals surface area contributed by atoms with Gasteiger partial charge in [0, 0.05) is 12.6 Å². The minimum atomic E-state index is -2.36. The summed E-state index contributed by atoms with van der Waals surface area (Å²) < 4.78 is 12.4. The Morgan fingerprint density at radius 1 is 1.12 bits per heavy atom. The lowest BCUT2D eigenvalue weighted by atomic mass is 10.0. The van der Waals surface area contributed by atoms with E-state index in [1.165, 1.54) is 7.11 Å². The fourth-order valence-corrected chi connectivity index (χ4v) is 11.2. The minimum Gasteiger partial charge on any atom is -0.540 e. The van der Waals surface area contributed by atoms with E-state index in [1.54, 1.807) is 17.0 Å². The highest BCUT2D eigenvalue weighted by Crippen LogP contribution is 2.55. The molecule has 3 N–H and O–H groups in total. The third-order valence-corrected chi connectivity index (χ3v) is 13.8. The lowest BCUT2D eigenvalue weighted by molar-refractivity contribution is 0.0674. The van der Waals surface area contributed by atoms with E-state index in [2.05, 4.69) is 46.9 Å². The summed E-state index contributed by atoms with van der Waals surface area (Å²) in [6, 6.07) is 2.90. The van der Waals surface area contributed by atoms with Crippen molar-refractivity contribution in [2.24, 2.45) is 5.41 Å². The van der Waals surface area contributed by atoms with E-state index in [4.69, 9.17) is 9.16 Å². The van der Waals surface area contributed by atoms with Gasteiger partial charge < -0.3 is 24.3 Å². The number of benzene rings is 1. The predicted molar refractivity (Wildman–Crippen MR) is 135 cm³/mol. The molecule has 1 atom stereocenters. The molecule has 2 amide bonds. The molecule has 34 heavy (non-hydrogen) atoms. The number of carbonyl (C=O) groups is 2. The van der Waals surface area contributed by atoms with Crippen LogP contribution in [0.15, 0.2) is 12.1 Å². The van der Waals surface area contributed by atoms with Gasteiger partial charge in [0.05, 0.1) is 31.0 Å². The van der Waals surface area contributed by atoms with Gasteiger partial charge in [0.2, 0.25) is 0 Å². The number of hydrogen-bond donors (Lipinski definition) is 3. The third-order valence-electron chi connectivity index (χ3n) is 7.81. The fourth-order valence-electron chi connectivity index (χ4n) is 6.00. The van der Waals surface area contributed by atoms with Crippen LogP contribution in [-0.4, -0.2) is 61.7 Å². The maximum absolute atomic E-state index is 13.6. The summed E-state index contributed by atoms with van der Waals surface area (Å²) in [5.74, 6) is 0.542. The van der Waals surface area contributed by atoms with Crippen LogP contribution in [0.1, 0.15) is 71.2 Å². The van der Waals surface area contributed by atoms with Crippen LogP contribution in [0.4, 0.5) is 10.5 Å². The Bertz CT molecular complexity index is 906. The van der Waals surface area contributed by atoms with Crippen molar-refractivity contribution in [2.75, 3.05) is 25.6 Å². The Labute approximate surface area is 203 Å². The average Bonchev–Trinajstić information content (AvgIpc) is 3.40. The first kappa shape index (κ1) is 26.3. The molecule has 2 aliphatic rings. The smallest absolute Gasteiger partial charge is 0.409 e. The zero-order chi connectivity index (χ0) is 25.4. The topological polar surface area (TPSA) is 108 Å². The zero-order valence-electron chi connectivity index (χ0n) is 21.5. The van der Waals surface area contributed by atoms with E-state index in [9.17, 15) is 19.8 Å². The Morgan fingerprint density at radius 2 is 1.71 bits per heavy atom. The molecule has 1 aliphatic carbocycles. The molecule has 0 bridgehead atoms. The van der Waals surface area contributed by atoms with Crippen LogP contribution in [0.3, 0.4) is 0 Å². The number of aliphatic hydroxyl groups is 1. The normalized spacial score (nSPS) is 19.3. The van der Waals surface area contributed by atoms with Gasteiger partial charge in [0.15, 0.2) is 5.75 Å². The second kappa shape index (κ2) is 9.77. The molecule has 2 fully saturated rings. The summed E-state index contributed by atoms with van der Waals surface area (Å²) in [6.07, 6.45) is 1.62. The van der Waals surface area contributed by atoms with Gasteiger partial charge in [-0.05, 0) is 47.4 Å². The van der Waals surface area contributed by atoms with E-state index in [-0.39, 0.29) is 35.2 Å². The molecule has 1 aromatic carbocycles. The van der Waals surface area contributed by atoms with Crippen molar-refractivity contribution in [1.29, 1.82) is 0 Å². The van der Waals surface area contributed by atoms with E-state index >= 15 is 0 Å². The van der Waals surface area contributed by atoms with E-state index in [0.29, 0.717) is 34.7 Å². The first-order valence-corrected chi connectivity index (χ1v) is 14.4. The number of likely N-dealkylation sites (tertiary alicyclic amines) is 1. The number of nitrogens with one attached hydrogen (secondary N) is 1. The van der Waals surface area contributed by atoms with Crippen molar-refractivity contribution in [3.05, 3.63) is 17.7 Å². The first-order valence-electron chi connectivity index (χ1n) is 12.2. The summed E-state index contributed by atoms with van der Waals surface area (Å²) in [4.78, 5) is 26.9. The van der Waals surface area contributed by atoms with Gasteiger partial charge in [0.25, 0.3) is 14.2 Å². The van der Waals surface area contributed by atoms with Crippen molar-refractivity contribution < 1.29 is 29.0 Å². The van der Waals surface area contributed by atoms with Gasteiger partial charge >= 0.3 is 6.09 Å². The summed E-state index contributed by atoms with van der Waals surface area (Å²) >= 11 is 0. The van der Waals surface area contributed by atoms with Crippen molar-refractivity contribution in [3.8, 4) is 11.5 Å². The molecule has 1 spiro atoms. The number of amides is 2. The van der Waals surface area contributed by atoms with Crippen LogP contribution in [0.25, 0.3) is 0 Å². The molecule has 190 valence electrons. The Balaban J connectivity index is 2.07. The molecule has 0 unspecified atom stereocenters. The van der Waals surface area contributed by atoms with Gasteiger partial charge in [-0.1, -0.05) is 41.5 Å². The largest absolute Gasteiger partial charge is 0.540 e. The monoisotopic (exact) mass is 492 g/mol. The summed E-state index contributed by atoms with van der Waals surface area (Å²) in [5, 5.41) is 21.8. The molecule has 0 aromatic heterocycles. The number of methoxy groups -OCH3 is 1. The van der Waals surface area contributed by atoms with Crippen LogP contribution in [0.2, 0.25) is 16.6 Å². The Hall–Kier alpha value is -2.26. The van der Waals surface area contributed by atoms with Gasteiger partial charge in [-0.15, -0.1) is 0 Å². The van der Waals surface area contributed by atoms with E-state index < -0.39 is 14.4 Å². The molecule has 1 aromatic rings. The van der Waals surface area contributed by atoms with Crippen LogP contribution in [0, 0.1) is 5.41 Å². The predicted octanol–water partition coefficient (Wildman–Crippen LogP) is 5.33. The van der Waals surface area contributed by atoms with E-state index in [1.807, 2.05) is 0 Å².